The van der Waals surface area contributed by atoms with E-state index in [1.54, 1.807) is 18.3 Å². The van der Waals surface area contributed by atoms with Gasteiger partial charge in [0.1, 0.15) is 11.1 Å². The van der Waals surface area contributed by atoms with Crippen LogP contribution in [0.5, 0.6) is 5.88 Å². The van der Waals surface area contributed by atoms with E-state index in [-0.39, 0.29) is 12.7 Å². The van der Waals surface area contributed by atoms with Crippen LogP contribution in [0.3, 0.4) is 0 Å². The highest BCUT2D eigenvalue weighted by molar-refractivity contribution is 9.10. The van der Waals surface area contributed by atoms with Gasteiger partial charge in [-0.3, -0.25) is 0 Å². The van der Waals surface area contributed by atoms with Gasteiger partial charge in [-0.15, -0.1) is 0 Å². The molecule has 22 heavy (non-hydrogen) atoms. The number of anilines is 1. The van der Waals surface area contributed by atoms with E-state index in [0.29, 0.717) is 10.9 Å². The standard InChI is InChI=1S/C16H16BrClN2O2/c17-12-3-4-15(11(8-12)10-21)20-7-5-13(9-20)22-16-14(18)2-1-6-19-16/h1-4,6,8,13,21H,5,7,9-10H2. The summed E-state index contributed by atoms with van der Waals surface area (Å²) in [7, 11) is 0. The fourth-order valence-electron chi connectivity index (χ4n) is 2.65. The molecule has 1 aromatic heterocycles. The molecule has 1 aromatic carbocycles. The normalized spacial score (nSPS) is 17.8. The van der Waals surface area contributed by atoms with Gasteiger partial charge in [-0.25, -0.2) is 4.98 Å². The Hall–Kier alpha value is -1.30. The Kier molecular flexibility index (Phi) is 4.86. The summed E-state index contributed by atoms with van der Waals surface area (Å²) < 4.78 is 6.86. The van der Waals surface area contributed by atoms with Crippen LogP contribution in [0.15, 0.2) is 41.0 Å². The molecule has 0 spiro atoms. The summed E-state index contributed by atoms with van der Waals surface area (Å²) in [6.45, 7) is 1.65. The summed E-state index contributed by atoms with van der Waals surface area (Å²) in [6, 6.07) is 9.50. The number of hydrogen-bond acceptors (Lipinski definition) is 4. The summed E-state index contributed by atoms with van der Waals surface area (Å²) in [5.74, 6) is 0.481. The number of benzene rings is 1. The summed E-state index contributed by atoms with van der Waals surface area (Å²) in [5.41, 5.74) is 1.95. The fraction of sp³-hybridized carbons (Fsp3) is 0.312. The molecule has 1 aliphatic rings. The van der Waals surface area contributed by atoms with E-state index in [9.17, 15) is 5.11 Å². The molecule has 1 fully saturated rings. The topological polar surface area (TPSA) is 45.6 Å². The van der Waals surface area contributed by atoms with Crippen molar-refractivity contribution in [2.24, 2.45) is 0 Å². The third kappa shape index (κ3) is 3.37. The number of aliphatic hydroxyl groups excluding tert-OH is 1. The number of aromatic nitrogens is 1. The Balaban J connectivity index is 1.71. The Bertz CT molecular complexity index is 668. The van der Waals surface area contributed by atoms with Gasteiger partial charge in [-0.1, -0.05) is 27.5 Å². The predicted octanol–water partition coefficient (Wildman–Crippen LogP) is 3.65. The van der Waals surface area contributed by atoms with Crippen LogP contribution in [-0.2, 0) is 6.61 Å². The third-order valence-corrected chi connectivity index (χ3v) is 4.48. The maximum Gasteiger partial charge on any atom is 0.232 e. The molecule has 1 N–H and O–H groups in total. The molecule has 1 atom stereocenters. The zero-order valence-electron chi connectivity index (χ0n) is 11.9. The summed E-state index contributed by atoms with van der Waals surface area (Å²) in [5, 5.41) is 10.1. The number of halogens is 2. The zero-order chi connectivity index (χ0) is 15.5. The van der Waals surface area contributed by atoms with E-state index in [2.05, 4.69) is 25.8 Å². The van der Waals surface area contributed by atoms with E-state index in [1.165, 1.54) is 0 Å². The molecule has 3 rings (SSSR count). The molecule has 2 aromatic rings. The molecule has 1 unspecified atom stereocenters. The summed E-state index contributed by atoms with van der Waals surface area (Å²) in [4.78, 5) is 6.39. The van der Waals surface area contributed by atoms with Crippen molar-refractivity contribution in [3.8, 4) is 5.88 Å². The molecular weight excluding hydrogens is 368 g/mol. The van der Waals surface area contributed by atoms with Crippen LogP contribution in [0.25, 0.3) is 0 Å². The molecule has 0 radical (unpaired) electrons. The van der Waals surface area contributed by atoms with Gasteiger partial charge in [0.25, 0.3) is 0 Å². The van der Waals surface area contributed by atoms with E-state index in [1.807, 2.05) is 18.2 Å². The molecule has 0 bridgehead atoms. The molecule has 1 saturated heterocycles. The second-order valence-electron chi connectivity index (χ2n) is 5.20. The Morgan fingerprint density at radius 1 is 1.41 bits per heavy atom. The zero-order valence-corrected chi connectivity index (χ0v) is 14.2. The number of rotatable bonds is 4. The molecule has 0 saturated carbocycles. The SMILES string of the molecule is OCc1cc(Br)ccc1N1CCC(Oc2ncccc2Cl)C1. The van der Waals surface area contributed by atoms with Crippen LogP contribution >= 0.6 is 27.5 Å². The van der Waals surface area contributed by atoms with Crippen molar-refractivity contribution in [3.63, 3.8) is 0 Å². The van der Waals surface area contributed by atoms with E-state index in [0.717, 1.165) is 35.2 Å². The highest BCUT2D eigenvalue weighted by Gasteiger charge is 2.26. The smallest absolute Gasteiger partial charge is 0.232 e. The van der Waals surface area contributed by atoms with Gasteiger partial charge in [0.05, 0.1) is 13.2 Å². The summed E-state index contributed by atoms with van der Waals surface area (Å²) >= 11 is 9.51. The lowest BCUT2D eigenvalue weighted by atomic mass is 10.2. The van der Waals surface area contributed by atoms with Crippen LogP contribution in [0.1, 0.15) is 12.0 Å². The van der Waals surface area contributed by atoms with Gasteiger partial charge in [0.2, 0.25) is 5.88 Å². The number of pyridine rings is 1. The quantitative estimate of drug-likeness (QED) is 0.875. The maximum absolute atomic E-state index is 9.53. The maximum atomic E-state index is 9.53. The van der Waals surface area contributed by atoms with Crippen molar-refractivity contribution < 1.29 is 9.84 Å². The van der Waals surface area contributed by atoms with Crippen molar-refractivity contribution in [2.75, 3.05) is 18.0 Å². The van der Waals surface area contributed by atoms with Gasteiger partial charge < -0.3 is 14.7 Å². The third-order valence-electron chi connectivity index (χ3n) is 3.70. The molecule has 0 aliphatic carbocycles. The molecule has 116 valence electrons. The van der Waals surface area contributed by atoms with Gasteiger partial charge >= 0.3 is 0 Å². The van der Waals surface area contributed by atoms with E-state index >= 15 is 0 Å². The highest BCUT2D eigenvalue weighted by Crippen LogP contribution is 2.30. The average Bonchev–Trinajstić information content (AvgIpc) is 2.98. The lowest BCUT2D eigenvalue weighted by Gasteiger charge is -2.22. The molecule has 2 heterocycles. The minimum Gasteiger partial charge on any atom is -0.471 e. The van der Waals surface area contributed by atoms with Crippen LogP contribution in [0.2, 0.25) is 5.02 Å². The second kappa shape index (κ2) is 6.86. The lowest BCUT2D eigenvalue weighted by Crippen LogP contribution is -2.25. The number of ether oxygens (including phenoxy) is 1. The molecular formula is C16H16BrClN2O2. The van der Waals surface area contributed by atoms with Gasteiger partial charge in [-0.2, -0.15) is 0 Å². The van der Waals surface area contributed by atoms with E-state index < -0.39 is 0 Å². The van der Waals surface area contributed by atoms with Crippen molar-refractivity contribution in [2.45, 2.75) is 19.1 Å². The number of nitrogens with zero attached hydrogens (tertiary/aromatic N) is 2. The Labute approximate surface area is 142 Å². The minimum atomic E-state index is 0.0167. The summed E-state index contributed by atoms with van der Waals surface area (Å²) in [6.07, 6.45) is 2.61. The first kappa shape index (κ1) is 15.6. The first-order chi connectivity index (χ1) is 10.7. The second-order valence-corrected chi connectivity index (χ2v) is 6.52. The average molecular weight is 384 g/mol. The van der Waals surface area contributed by atoms with Gasteiger partial charge in [0.15, 0.2) is 0 Å². The van der Waals surface area contributed by atoms with Crippen molar-refractivity contribution >= 4 is 33.2 Å². The van der Waals surface area contributed by atoms with Crippen LogP contribution in [0, 0.1) is 0 Å². The van der Waals surface area contributed by atoms with Crippen molar-refractivity contribution in [1.29, 1.82) is 0 Å². The first-order valence-corrected chi connectivity index (χ1v) is 8.26. The molecule has 1 aliphatic heterocycles. The molecule has 4 nitrogen and oxygen atoms in total. The van der Waals surface area contributed by atoms with Gasteiger partial charge in [-0.05, 0) is 30.3 Å². The number of aliphatic hydroxyl groups is 1. The first-order valence-electron chi connectivity index (χ1n) is 7.09. The van der Waals surface area contributed by atoms with Crippen molar-refractivity contribution in [1.82, 2.24) is 4.98 Å². The Morgan fingerprint density at radius 2 is 2.27 bits per heavy atom. The predicted molar refractivity (Wildman–Crippen MR) is 90.6 cm³/mol. The van der Waals surface area contributed by atoms with E-state index in [4.69, 9.17) is 16.3 Å². The minimum absolute atomic E-state index is 0.0167. The van der Waals surface area contributed by atoms with Gasteiger partial charge in [0, 0.05) is 34.9 Å². The monoisotopic (exact) mass is 382 g/mol. The fourth-order valence-corrected chi connectivity index (χ4v) is 3.22. The highest BCUT2D eigenvalue weighted by atomic mass is 79.9. The number of hydrogen-bond donors (Lipinski definition) is 1. The van der Waals surface area contributed by atoms with Crippen LogP contribution < -0.4 is 9.64 Å². The molecule has 0 amide bonds. The van der Waals surface area contributed by atoms with Crippen molar-refractivity contribution in [3.05, 3.63) is 51.6 Å². The lowest BCUT2D eigenvalue weighted by molar-refractivity contribution is 0.216. The molecule has 6 heteroatoms. The van der Waals surface area contributed by atoms with Crippen LogP contribution in [0.4, 0.5) is 5.69 Å². The van der Waals surface area contributed by atoms with Crippen LogP contribution in [-0.4, -0.2) is 29.3 Å². The Morgan fingerprint density at radius 3 is 3.05 bits per heavy atom. The largest absolute Gasteiger partial charge is 0.471 e.